The van der Waals surface area contributed by atoms with Crippen LogP contribution in [-0.2, 0) is 19.4 Å². The molecule has 2 aliphatic heterocycles. The molecular formula is C19H21ClN2O4S3. The van der Waals surface area contributed by atoms with Gasteiger partial charge in [0.2, 0.25) is 5.91 Å². The first-order chi connectivity index (χ1) is 13.7. The molecule has 2 amide bonds. The van der Waals surface area contributed by atoms with Gasteiger partial charge in [-0.3, -0.25) is 14.5 Å². The highest BCUT2D eigenvalue weighted by molar-refractivity contribution is 8.26. The van der Waals surface area contributed by atoms with Crippen molar-refractivity contribution in [3.63, 3.8) is 0 Å². The third-order valence-electron chi connectivity index (χ3n) is 4.90. The third kappa shape index (κ3) is 5.39. The fourth-order valence-corrected chi connectivity index (χ4v) is 6.58. The van der Waals surface area contributed by atoms with Gasteiger partial charge in [-0.05, 0) is 37.1 Å². The highest BCUT2D eigenvalue weighted by atomic mass is 35.5. The minimum Gasteiger partial charge on any atom is -0.339 e. The van der Waals surface area contributed by atoms with Crippen molar-refractivity contribution in [2.75, 3.05) is 24.6 Å². The van der Waals surface area contributed by atoms with E-state index in [9.17, 15) is 18.0 Å². The lowest BCUT2D eigenvalue weighted by molar-refractivity contribution is -0.133. The number of halogens is 1. The number of hydrogen-bond acceptors (Lipinski definition) is 6. The zero-order valence-electron chi connectivity index (χ0n) is 15.8. The third-order valence-corrected chi connectivity index (χ3v) is 8.28. The summed E-state index contributed by atoms with van der Waals surface area (Å²) in [5.41, 5.74) is 0.838. The van der Waals surface area contributed by atoms with Crippen molar-refractivity contribution in [2.24, 2.45) is 0 Å². The van der Waals surface area contributed by atoms with Gasteiger partial charge in [-0.15, -0.1) is 0 Å². The Hall–Kier alpha value is -1.42. The number of amides is 2. The van der Waals surface area contributed by atoms with Crippen molar-refractivity contribution in [3.8, 4) is 0 Å². The van der Waals surface area contributed by atoms with E-state index < -0.39 is 9.84 Å². The Bertz CT molecular complexity index is 960. The maximum absolute atomic E-state index is 12.7. The van der Waals surface area contributed by atoms with Gasteiger partial charge < -0.3 is 4.90 Å². The summed E-state index contributed by atoms with van der Waals surface area (Å²) in [7, 11) is -3.07. The summed E-state index contributed by atoms with van der Waals surface area (Å²) in [6.07, 6.45) is 2.32. The maximum atomic E-state index is 12.7. The van der Waals surface area contributed by atoms with Gasteiger partial charge in [-0.25, -0.2) is 8.42 Å². The van der Waals surface area contributed by atoms with Crippen LogP contribution in [-0.4, -0.2) is 65.0 Å². The second kappa shape index (κ2) is 9.16. The monoisotopic (exact) mass is 472 g/mol. The van der Waals surface area contributed by atoms with Crippen LogP contribution in [0.1, 0.15) is 25.3 Å². The molecule has 2 heterocycles. The molecule has 0 spiro atoms. The first-order valence-electron chi connectivity index (χ1n) is 9.21. The molecule has 0 unspecified atom stereocenters. The van der Waals surface area contributed by atoms with Crippen LogP contribution in [0.15, 0.2) is 29.2 Å². The van der Waals surface area contributed by atoms with Gasteiger partial charge >= 0.3 is 0 Å². The maximum Gasteiger partial charge on any atom is 0.266 e. The molecule has 2 fully saturated rings. The molecule has 29 heavy (non-hydrogen) atoms. The summed E-state index contributed by atoms with van der Waals surface area (Å²) in [4.78, 5) is 28.9. The first-order valence-corrected chi connectivity index (χ1v) is 12.6. The van der Waals surface area contributed by atoms with Crippen molar-refractivity contribution < 1.29 is 18.0 Å². The molecule has 2 aliphatic rings. The van der Waals surface area contributed by atoms with Gasteiger partial charge in [-0.2, -0.15) is 0 Å². The van der Waals surface area contributed by atoms with Crippen LogP contribution in [0, 0.1) is 0 Å². The number of carbonyl (C=O) groups is 2. The number of carbonyl (C=O) groups excluding carboxylic acids is 2. The normalized spacial score (nSPS) is 22.5. The molecule has 3 rings (SSSR count). The summed E-state index contributed by atoms with van der Waals surface area (Å²) in [6, 6.07) is 6.83. The summed E-state index contributed by atoms with van der Waals surface area (Å²) < 4.78 is 23.8. The van der Waals surface area contributed by atoms with E-state index in [-0.39, 0.29) is 42.3 Å². The molecule has 1 aromatic rings. The minimum atomic E-state index is -3.07. The topological polar surface area (TPSA) is 74.8 Å². The highest BCUT2D eigenvalue weighted by Gasteiger charge is 2.35. The molecule has 6 nitrogen and oxygen atoms in total. The molecule has 0 saturated carbocycles. The van der Waals surface area contributed by atoms with Crippen LogP contribution in [0.3, 0.4) is 0 Å². The SMILES string of the molecule is CCN(C(=O)CCN1C(=O)/C(=C/c2ccc(Cl)cc2)SC1=S)[C@H]1CCS(=O)(=O)C1. The molecule has 0 bridgehead atoms. The minimum absolute atomic E-state index is 0.0114. The second-order valence-electron chi connectivity index (χ2n) is 6.87. The molecule has 0 aromatic heterocycles. The van der Waals surface area contributed by atoms with Crippen molar-refractivity contribution in [2.45, 2.75) is 25.8 Å². The van der Waals surface area contributed by atoms with Gasteiger partial charge in [0.05, 0.1) is 16.4 Å². The molecule has 10 heteroatoms. The standard InChI is InChI=1S/C19H21ClN2O4S3/c1-2-21(15-8-10-29(25,26)12-15)17(23)7-9-22-18(24)16(28-19(22)27)11-13-3-5-14(20)6-4-13/h3-6,11,15H,2,7-10,12H2,1H3/b16-11-/t15-/m0/s1. The Morgan fingerprint density at radius 1 is 1.38 bits per heavy atom. The lowest BCUT2D eigenvalue weighted by atomic mass is 10.2. The average Bonchev–Trinajstić information content (AvgIpc) is 3.15. The first kappa shape index (κ1) is 22.3. The van der Waals surface area contributed by atoms with Gasteiger partial charge in [-0.1, -0.05) is 47.7 Å². The van der Waals surface area contributed by atoms with E-state index in [1.54, 1.807) is 23.1 Å². The number of rotatable bonds is 6. The number of benzene rings is 1. The predicted octanol–water partition coefficient (Wildman–Crippen LogP) is 2.97. The summed E-state index contributed by atoms with van der Waals surface area (Å²) in [5.74, 6) is -0.261. The van der Waals surface area contributed by atoms with Gasteiger partial charge in [0, 0.05) is 30.6 Å². The molecule has 0 aliphatic carbocycles. The molecule has 2 saturated heterocycles. The summed E-state index contributed by atoms with van der Waals surface area (Å²) in [5, 5.41) is 0.615. The van der Waals surface area contributed by atoms with Crippen LogP contribution < -0.4 is 0 Å². The van der Waals surface area contributed by atoms with E-state index in [1.165, 1.54) is 16.7 Å². The molecule has 0 N–H and O–H groups in total. The zero-order chi connectivity index (χ0) is 21.2. The molecule has 1 aromatic carbocycles. The Labute approximate surface area is 185 Å². The second-order valence-corrected chi connectivity index (χ2v) is 11.2. The highest BCUT2D eigenvalue weighted by Crippen LogP contribution is 2.33. The van der Waals surface area contributed by atoms with E-state index in [1.807, 2.05) is 19.1 Å². The van der Waals surface area contributed by atoms with Crippen LogP contribution in [0.25, 0.3) is 6.08 Å². The van der Waals surface area contributed by atoms with Crippen LogP contribution >= 0.6 is 35.6 Å². The van der Waals surface area contributed by atoms with Crippen LogP contribution in [0.5, 0.6) is 0 Å². The van der Waals surface area contributed by atoms with Gasteiger partial charge in [0.25, 0.3) is 5.91 Å². The molecular weight excluding hydrogens is 452 g/mol. The van der Waals surface area contributed by atoms with Crippen LogP contribution in [0.4, 0.5) is 0 Å². The van der Waals surface area contributed by atoms with Crippen molar-refractivity contribution in [1.82, 2.24) is 9.80 Å². The summed E-state index contributed by atoms with van der Waals surface area (Å²) >= 11 is 12.4. The predicted molar refractivity (Wildman–Crippen MR) is 120 cm³/mol. The number of nitrogens with zero attached hydrogens (tertiary/aromatic N) is 2. The smallest absolute Gasteiger partial charge is 0.266 e. The Morgan fingerprint density at radius 2 is 2.07 bits per heavy atom. The van der Waals surface area contributed by atoms with Gasteiger partial charge in [0.1, 0.15) is 4.32 Å². The number of thiocarbonyl (C=S) groups is 1. The number of thioether (sulfide) groups is 1. The number of hydrogen-bond donors (Lipinski definition) is 0. The van der Waals surface area contributed by atoms with Crippen LogP contribution in [0.2, 0.25) is 5.02 Å². The van der Waals surface area contributed by atoms with E-state index in [4.69, 9.17) is 23.8 Å². The van der Waals surface area contributed by atoms with Crippen molar-refractivity contribution >= 4 is 67.6 Å². The fourth-order valence-electron chi connectivity index (χ4n) is 3.41. The van der Waals surface area contributed by atoms with Crippen molar-refractivity contribution in [1.29, 1.82) is 0 Å². The quantitative estimate of drug-likeness (QED) is 0.468. The molecule has 156 valence electrons. The molecule has 0 radical (unpaired) electrons. The average molecular weight is 473 g/mol. The Balaban J connectivity index is 1.62. The van der Waals surface area contributed by atoms with E-state index in [0.717, 1.165) is 5.56 Å². The zero-order valence-corrected chi connectivity index (χ0v) is 19.0. The Kier molecular flexibility index (Phi) is 7.03. The van der Waals surface area contributed by atoms with Gasteiger partial charge in [0.15, 0.2) is 9.84 Å². The van der Waals surface area contributed by atoms with E-state index in [0.29, 0.717) is 27.2 Å². The lowest BCUT2D eigenvalue weighted by Crippen LogP contribution is -2.42. The largest absolute Gasteiger partial charge is 0.339 e. The van der Waals surface area contributed by atoms with E-state index in [2.05, 4.69) is 0 Å². The van der Waals surface area contributed by atoms with Crippen molar-refractivity contribution in [3.05, 3.63) is 39.8 Å². The van der Waals surface area contributed by atoms with E-state index >= 15 is 0 Å². The fraction of sp³-hybridized carbons (Fsp3) is 0.421. The summed E-state index contributed by atoms with van der Waals surface area (Å²) in [6.45, 7) is 2.45. The lowest BCUT2D eigenvalue weighted by Gasteiger charge is -2.27. The Morgan fingerprint density at radius 3 is 2.66 bits per heavy atom. The molecule has 1 atom stereocenters. The number of sulfone groups is 1.